The third kappa shape index (κ3) is 5.92. The molecule has 0 saturated carbocycles. The van der Waals surface area contributed by atoms with Crippen molar-refractivity contribution in [1.29, 1.82) is 0 Å². The average molecular weight is 459 g/mol. The van der Waals surface area contributed by atoms with Crippen LogP contribution in [0.2, 0.25) is 0 Å². The number of rotatable bonds is 4. The van der Waals surface area contributed by atoms with E-state index in [0.717, 1.165) is 6.20 Å². The Balaban J connectivity index is 0.00000210. The zero-order chi connectivity index (χ0) is 19.6. The van der Waals surface area contributed by atoms with Crippen LogP contribution in [0.1, 0.15) is 10.4 Å². The van der Waals surface area contributed by atoms with Crippen LogP contribution < -0.4 is 21.9 Å². The van der Waals surface area contributed by atoms with E-state index >= 15 is 0 Å². The van der Waals surface area contributed by atoms with Crippen LogP contribution in [0.25, 0.3) is 11.0 Å². The maximum Gasteiger partial charge on any atom is 0.405 e. The van der Waals surface area contributed by atoms with E-state index in [1.165, 1.54) is 11.0 Å². The zero-order valence-electron chi connectivity index (χ0n) is 14.8. The van der Waals surface area contributed by atoms with Gasteiger partial charge in [0.2, 0.25) is 0 Å². The van der Waals surface area contributed by atoms with Gasteiger partial charge in [0.25, 0.3) is 11.5 Å². The molecule has 162 valence electrons. The number of nitrogens with one attached hydrogen (secondary N) is 4. The van der Waals surface area contributed by atoms with E-state index in [9.17, 15) is 27.6 Å². The first kappa shape index (κ1) is 24.9. The number of carbonyl (C=O) groups excluding carboxylic acids is 1. The monoisotopic (exact) mass is 458 g/mol. The summed E-state index contributed by atoms with van der Waals surface area (Å²) in [7, 11) is 0. The molecule has 0 spiro atoms. The molecule has 1 atom stereocenters. The molecular weight excluding hydrogens is 440 g/mol. The topological polar surface area (TPSA) is 123 Å². The van der Waals surface area contributed by atoms with Gasteiger partial charge in [-0.25, -0.2) is 9.78 Å². The fraction of sp³-hybridized carbons (Fsp3) is 0.467. The fourth-order valence-electron chi connectivity index (χ4n) is 2.91. The fourth-order valence-corrected chi connectivity index (χ4v) is 2.91. The van der Waals surface area contributed by atoms with Crippen LogP contribution in [0.15, 0.2) is 21.9 Å². The molecule has 0 radical (unpaired) electrons. The number of carbonyl (C=O) groups is 1. The molecule has 29 heavy (non-hydrogen) atoms. The molecule has 1 fully saturated rings. The van der Waals surface area contributed by atoms with Crippen LogP contribution in [0.4, 0.5) is 13.2 Å². The van der Waals surface area contributed by atoms with E-state index in [-0.39, 0.29) is 54.5 Å². The first-order chi connectivity index (χ1) is 12.8. The van der Waals surface area contributed by atoms with Crippen LogP contribution >= 0.6 is 24.8 Å². The highest BCUT2D eigenvalue weighted by Crippen LogP contribution is 2.24. The van der Waals surface area contributed by atoms with Gasteiger partial charge in [-0.05, 0) is 6.07 Å². The molecule has 4 N–H and O–H groups in total. The number of pyridine rings is 1. The van der Waals surface area contributed by atoms with E-state index in [4.69, 9.17) is 0 Å². The van der Waals surface area contributed by atoms with E-state index in [1.807, 2.05) is 4.98 Å². The molecule has 3 rings (SSSR count). The summed E-state index contributed by atoms with van der Waals surface area (Å²) in [5, 5.41) is 5.18. The number of hydrogen-bond donors (Lipinski definition) is 4. The van der Waals surface area contributed by atoms with Crippen molar-refractivity contribution in [3.63, 3.8) is 0 Å². The number of amides is 1. The predicted molar refractivity (Wildman–Crippen MR) is 104 cm³/mol. The number of alkyl halides is 3. The second-order valence-corrected chi connectivity index (χ2v) is 6.08. The number of fused-ring (bicyclic) bond motifs is 1. The molecule has 1 aliphatic heterocycles. The summed E-state index contributed by atoms with van der Waals surface area (Å²) in [4.78, 5) is 44.6. The Morgan fingerprint density at radius 3 is 2.48 bits per heavy atom. The highest BCUT2D eigenvalue weighted by Gasteiger charge is 2.43. The highest BCUT2D eigenvalue weighted by atomic mass is 35.5. The molecule has 0 aliphatic carbocycles. The second-order valence-electron chi connectivity index (χ2n) is 6.08. The first-order valence-corrected chi connectivity index (χ1v) is 8.18. The molecule has 2 aromatic heterocycles. The molecule has 1 saturated heterocycles. The Kier molecular flexibility index (Phi) is 8.63. The third-order valence-corrected chi connectivity index (χ3v) is 4.28. The summed E-state index contributed by atoms with van der Waals surface area (Å²) in [5.41, 5.74) is -1.60. The van der Waals surface area contributed by atoms with Gasteiger partial charge >= 0.3 is 11.9 Å². The molecular formula is C15H19Cl2F3N6O3. The molecule has 0 bridgehead atoms. The molecule has 3 heterocycles. The minimum Gasteiger partial charge on any atom is -0.350 e. The number of nitrogens with zero attached hydrogens (tertiary/aromatic N) is 2. The van der Waals surface area contributed by atoms with Gasteiger partial charge in [0, 0.05) is 38.9 Å². The second kappa shape index (κ2) is 10.1. The Morgan fingerprint density at radius 2 is 1.86 bits per heavy atom. The summed E-state index contributed by atoms with van der Waals surface area (Å²) in [5.74, 6) is -0.792. The van der Waals surface area contributed by atoms with Crippen LogP contribution in [0, 0.1) is 0 Å². The molecule has 1 amide bonds. The zero-order valence-corrected chi connectivity index (χ0v) is 16.5. The van der Waals surface area contributed by atoms with Gasteiger partial charge in [0.1, 0.15) is 11.7 Å². The number of H-pyrrole nitrogens is 2. The summed E-state index contributed by atoms with van der Waals surface area (Å²) in [6, 6.07) is -0.642. The number of aromatic nitrogens is 3. The molecule has 1 unspecified atom stereocenters. The van der Waals surface area contributed by atoms with Gasteiger partial charge in [-0.3, -0.25) is 24.5 Å². The van der Waals surface area contributed by atoms with Crippen LogP contribution in [0.5, 0.6) is 0 Å². The molecule has 14 heteroatoms. The average Bonchev–Trinajstić information content (AvgIpc) is 2.61. The van der Waals surface area contributed by atoms with E-state index in [1.54, 1.807) is 0 Å². The first-order valence-electron chi connectivity index (χ1n) is 8.18. The quantitative estimate of drug-likeness (QED) is 0.512. The van der Waals surface area contributed by atoms with Crippen molar-refractivity contribution in [3.8, 4) is 0 Å². The summed E-state index contributed by atoms with van der Waals surface area (Å²) >= 11 is 0. The van der Waals surface area contributed by atoms with Crippen molar-refractivity contribution in [2.24, 2.45) is 0 Å². The number of hydrogen-bond acceptors (Lipinski definition) is 6. The van der Waals surface area contributed by atoms with Crippen LogP contribution in [-0.4, -0.2) is 70.7 Å². The largest absolute Gasteiger partial charge is 0.405 e. The smallest absolute Gasteiger partial charge is 0.350 e. The molecule has 1 aliphatic rings. The van der Waals surface area contributed by atoms with Crippen molar-refractivity contribution in [1.82, 2.24) is 30.5 Å². The summed E-state index contributed by atoms with van der Waals surface area (Å²) in [6.45, 7) is 0.704. The highest BCUT2D eigenvalue weighted by molar-refractivity contribution is 5.96. The minimum atomic E-state index is -4.50. The lowest BCUT2D eigenvalue weighted by atomic mass is 10.2. The Hall–Kier alpha value is -2.15. The number of piperazine rings is 1. The molecule has 2 aromatic rings. The normalized spacial score (nSPS) is 15.8. The molecule has 9 nitrogen and oxygen atoms in total. The lowest BCUT2D eigenvalue weighted by Crippen LogP contribution is -2.57. The Labute approximate surface area is 174 Å². The van der Waals surface area contributed by atoms with Gasteiger partial charge in [-0.2, -0.15) is 13.2 Å². The van der Waals surface area contributed by atoms with Crippen molar-refractivity contribution in [2.75, 3.05) is 32.7 Å². The molecule has 0 aromatic carbocycles. The lowest BCUT2D eigenvalue weighted by molar-refractivity contribution is -0.183. The van der Waals surface area contributed by atoms with E-state index in [0.29, 0.717) is 13.1 Å². The maximum atomic E-state index is 13.4. The van der Waals surface area contributed by atoms with E-state index in [2.05, 4.69) is 20.6 Å². The minimum absolute atomic E-state index is 0. The van der Waals surface area contributed by atoms with Crippen molar-refractivity contribution >= 4 is 41.8 Å². The van der Waals surface area contributed by atoms with Crippen LogP contribution in [-0.2, 0) is 0 Å². The van der Waals surface area contributed by atoms with Gasteiger partial charge in [0.15, 0.2) is 0 Å². The maximum absolute atomic E-state index is 13.4. The standard InChI is InChI=1S/C15H17F3N6O3.2ClH/c16-15(17,18)10(24-3-1-19-2-4-24)7-21-12(25)8-5-9-11(20-6-8)22-14(27)23-13(9)26;;/h5-6,10,19H,1-4,7H2,(H,21,25)(H2,20,22,23,26,27);2*1H. The number of halogens is 5. The third-order valence-electron chi connectivity index (χ3n) is 4.28. The van der Waals surface area contributed by atoms with Crippen molar-refractivity contribution in [2.45, 2.75) is 12.2 Å². The lowest BCUT2D eigenvalue weighted by Gasteiger charge is -2.35. The summed E-state index contributed by atoms with van der Waals surface area (Å²) in [6.07, 6.45) is -3.41. The Bertz CT molecular complexity index is 959. The van der Waals surface area contributed by atoms with Crippen molar-refractivity contribution in [3.05, 3.63) is 38.7 Å². The predicted octanol–water partition coefficient (Wildman–Crippen LogP) is 0.0209. The van der Waals surface area contributed by atoms with Crippen LogP contribution in [0.3, 0.4) is 0 Å². The Morgan fingerprint density at radius 1 is 1.21 bits per heavy atom. The van der Waals surface area contributed by atoms with Gasteiger partial charge in [0.05, 0.1) is 10.9 Å². The summed E-state index contributed by atoms with van der Waals surface area (Å²) < 4.78 is 40.1. The van der Waals surface area contributed by atoms with Crippen molar-refractivity contribution < 1.29 is 18.0 Å². The van der Waals surface area contributed by atoms with Gasteiger partial charge < -0.3 is 10.6 Å². The SMILES string of the molecule is Cl.Cl.O=C(NCC(N1CCNCC1)C(F)(F)F)c1cnc2[nH]c(=O)[nH]c(=O)c2c1. The van der Waals surface area contributed by atoms with E-state index < -0.39 is 35.9 Å². The van der Waals surface area contributed by atoms with Gasteiger partial charge in [-0.15, -0.1) is 24.8 Å². The van der Waals surface area contributed by atoms with Gasteiger partial charge in [-0.1, -0.05) is 0 Å². The number of aromatic amines is 2.